The summed E-state index contributed by atoms with van der Waals surface area (Å²) >= 11 is 1.96. The van der Waals surface area contributed by atoms with Gasteiger partial charge in [-0.1, -0.05) is 29.4 Å². The number of amides is 1. The second-order valence-electron chi connectivity index (χ2n) is 6.36. The molecule has 4 nitrogen and oxygen atoms in total. The lowest BCUT2D eigenvalue weighted by Crippen LogP contribution is -2.34. The smallest absolute Gasteiger partial charge is 0.227 e. The Morgan fingerprint density at radius 1 is 1.29 bits per heavy atom. The van der Waals surface area contributed by atoms with Gasteiger partial charge in [0.05, 0.1) is 12.1 Å². The molecule has 1 fully saturated rings. The minimum absolute atomic E-state index is 0.176. The van der Waals surface area contributed by atoms with Crippen molar-refractivity contribution in [3.8, 4) is 0 Å². The van der Waals surface area contributed by atoms with Gasteiger partial charge in [-0.2, -0.15) is 11.8 Å². The van der Waals surface area contributed by atoms with Crippen molar-refractivity contribution in [2.45, 2.75) is 38.9 Å². The van der Waals surface area contributed by atoms with Crippen molar-refractivity contribution in [1.82, 2.24) is 10.1 Å². The highest BCUT2D eigenvalue weighted by molar-refractivity contribution is 7.99. The third-order valence-electron chi connectivity index (χ3n) is 4.74. The van der Waals surface area contributed by atoms with E-state index in [1.807, 2.05) is 30.5 Å². The van der Waals surface area contributed by atoms with E-state index < -0.39 is 0 Å². The number of aromatic nitrogens is 1. The molecule has 0 radical (unpaired) electrons. The summed E-state index contributed by atoms with van der Waals surface area (Å²) in [5.41, 5.74) is 4.50. The van der Waals surface area contributed by atoms with Crippen LogP contribution in [-0.2, 0) is 11.2 Å². The average molecular weight is 344 g/mol. The molecule has 0 bridgehead atoms. The molecule has 1 amide bonds. The van der Waals surface area contributed by atoms with Gasteiger partial charge in [-0.3, -0.25) is 4.79 Å². The molecule has 1 aliphatic heterocycles. The lowest BCUT2D eigenvalue weighted by molar-refractivity contribution is -0.130. The third-order valence-corrected chi connectivity index (χ3v) is 6.05. The standard InChI is InChI=1S/C19H24N2O2S/c1-13-6-4-5-7-16(13)18-8-9-21(10-11-24-18)19(22)12-17-14(2)20-23-15(17)3/h4-7,18H,8-12H2,1-3H3/t18-/m0/s1. The third kappa shape index (κ3) is 3.66. The number of carbonyl (C=O) groups is 1. The molecule has 2 aromatic rings. The van der Waals surface area contributed by atoms with Gasteiger partial charge < -0.3 is 9.42 Å². The fraction of sp³-hybridized carbons (Fsp3) is 0.474. The predicted molar refractivity (Wildman–Crippen MR) is 97.3 cm³/mol. The first-order valence-corrected chi connectivity index (χ1v) is 9.48. The number of rotatable bonds is 3. The molecule has 0 saturated carbocycles. The summed E-state index contributed by atoms with van der Waals surface area (Å²) in [5, 5.41) is 4.42. The maximum atomic E-state index is 12.7. The normalized spacial score (nSPS) is 18.5. The summed E-state index contributed by atoms with van der Waals surface area (Å²) in [6.07, 6.45) is 1.39. The lowest BCUT2D eigenvalue weighted by atomic mass is 10.0. The fourth-order valence-corrected chi connectivity index (χ4v) is 4.56. The van der Waals surface area contributed by atoms with Crippen molar-refractivity contribution in [1.29, 1.82) is 0 Å². The molecule has 5 heteroatoms. The average Bonchev–Trinajstić information content (AvgIpc) is 2.79. The van der Waals surface area contributed by atoms with Crippen molar-refractivity contribution in [2.24, 2.45) is 0 Å². The van der Waals surface area contributed by atoms with Crippen LogP contribution in [0.15, 0.2) is 28.8 Å². The number of hydrogen-bond donors (Lipinski definition) is 0. The molecule has 128 valence electrons. The molecule has 24 heavy (non-hydrogen) atoms. The van der Waals surface area contributed by atoms with E-state index in [1.165, 1.54) is 11.1 Å². The first kappa shape index (κ1) is 17.1. The van der Waals surface area contributed by atoms with Gasteiger partial charge in [-0.15, -0.1) is 0 Å². The van der Waals surface area contributed by atoms with E-state index in [1.54, 1.807) is 0 Å². The van der Waals surface area contributed by atoms with Crippen molar-refractivity contribution in [3.05, 3.63) is 52.4 Å². The second-order valence-corrected chi connectivity index (χ2v) is 7.68. The summed E-state index contributed by atoms with van der Waals surface area (Å²) in [6, 6.07) is 8.57. The molecule has 1 atom stereocenters. The Labute approximate surface area is 147 Å². The highest BCUT2D eigenvalue weighted by Crippen LogP contribution is 2.36. The van der Waals surface area contributed by atoms with Crippen LogP contribution in [0.4, 0.5) is 0 Å². The van der Waals surface area contributed by atoms with Crippen molar-refractivity contribution < 1.29 is 9.32 Å². The molecule has 0 unspecified atom stereocenters. The van der Waals surface area contributed by atoms with Gasteiger partial charge in [0.25, 0.3) is 0 Å². The zero-order valence-corrected chi connectivity index (χ0v) is 15.4. The van der Waals surface area contributed by atoms with Gasteiger partial charge in [-0.25, -0.2) is 0 Å². The highest BCUT2D eigenvalue weighted by atomic mass is 32.2. The molecule has 0 N–H and O–H groups in total. The van der Waals surface area contributed by atoms with Crippen molar-refractivity contribution in [2.75, 3.05) is 18.8 Å². The largest absolute Gasteiger partial charge is 0.361 e. The van der Waals surface area contributed by atoms with E-state index in [-0.39, 0.29) is 5.91 Å². The van der Waals surface area contributed by atoms with Gasteiger partial charge in [0.1, 0.15) is 5.76 Å². The predicted octanol–water partition coefficient (Wildman–Crippen LogP) is 3.85. The fourth-order valence-electron chi connectivity index (χ4n) is 3.23. The van der Waals surface area contributed by atoms with Gasteiger partial charge in [0.15, 0.2) is 0 Å². The maximum absolute atomic E-state index is 12.7. The van der Waals surface area contributed by atoms with Crippen LogP contribution >= 0.6 is 11.8 Å². The molecular formula is C19H24N2O2S. The van der Waals surface area contributed by atoms with Crippen LogP contribution in [0.1, 0.15) is 39.8 Å². The summed E-state index contributed by atoms with van der Waals surface area (Å²) in [5.74, 6) is 1.91. The molecule has 1 aromatic heterocycles. The van der Waals surface area contributed by atoms with Crippen LogP contribution in [-0.4, -0.2) is 34.8 Å². The Morgan fingerprint density at radius 2 is 2.08 bits per heavy atom. The first-order chi connectivity index (χ1) is 11.6. The van der Waals surface area contributed by atoms with Crippen molar-refractivity contribution in [3.63, 3.8) is 0 Å². The highest BCUT2D eigenvalue weighted by Gasteiger charge is 2.24. The summed E-state index contributed by atoms with van der Waals surface area (Å²) in [4.78, 5) is 14.7. The van der Waals surface area contributed by atoms with E-state index in [0.717, 1.165) is 42.3 Å². The monoisotopic (exact) mass is 344 g/mol. The van der Waals surface area contributed by atoms with Crippen molar-refractivity contribution >= 4 is 17.7 Å². The minimum Gasteiger partial charge on any atom is -0.361 e. The van der Waals surface area contributed by atoms with Crippen LogP contribution in [0, 0.1) is 20.8 Å². The molecule has 1 aliphatic rings. The summed E-state index contributed by atoms with van der Waals surface area (Å²) in [7, 11) is 0. The van der Waals surface area contributed by atoms with E-state index in [0.29, 0.717) is 11.7 Å². The van der Waals surface area contributed by atoms with Gasteiger partial charge in [0, 0.05) is 29.7 Å². The maximum Gasteiger partial charge on any atom is 0.227 e. The molecule has 1 saturated heterocycles. The zero-order chi connectivity index (χ0) is 17.1. The molecule has 2 heterocycles. The van der Waals surface area contributed by atoms with E-state index in [9.17, 15) is 4.79 Å². The lowest BCUT2D eigenvalue weighted by Gasteiger charge is -2.20. The molecular weight excluding hydrogens is 320 g/mol. The second kappa shape index (κ2) is 7.43. The van der Waals surface area contributed by atoms with E-state index in [4.69, 9.17) is 4.52 Å². The summed E-state index contributed by atoms with van der Waals surface area (Å²) < 4.78 is 5.17. The Bertz CT molecular complexity index is 706. The topological polar surface area (TPSA) is 46.3 Å². The number of carbonyl (C=O) groups excluding carboxylic acids is 1. The Hall–Kier alpha value is -1.75. The zero-order valence-electron chi connectivity index (χ0n) is 14.5. The quantitative estimate of drug-likeness (QED) is 0.848. The van der Waals surface area contributed by atoms with E-state index >= 15 is 0 Å². The minimum atomic E-state index is 0.176. The Morgan fingerprint density at radius 3 is 2.79 bits per heavy atom. The molecule has 0 spiro atoms. The number of aryl methyl sites for hydroxylation is 3. The molecule has 0 aliphatic carbocycles. The Kier molecular flexibility index (Phi) is 5.29. The van der Waals surface area contributed by atoms with E-state index in [2.05, 4.69) is 36.3 Å². The molecule has 3 rings (SSSR count). The van der Waals surface area contributed by atoms with Crippen LogP contribution in [0.3, 0.4) is 0 Å². The van der Waals surface area contributed by atoms with Crippen LogP contribution < -0.4 is 0 Å². The van der Waals surface area contributed by atoms with Gasteiger partial charge in [-0.05, 0) is 38.3 Å². The number of nitrogens with zero attached hydrogens (tertiary/aromatic N) is 2. The number of thioether (sulfide) groups is 1. The van der Waals surface area contributed by atoms with Crippen LogP contribution in [0.5, 0.6) is 0 Å². The van der Waals surface area contributed by atoms with Gasteiger partial charge in [0.2, 0.25) is 5.91 Å². The van der Waals surface area contributed by atoms with Crippen LogP contribution in [0.25, 0.3) is 0 Å². The Balaban J connectivity index is 1.65. The van der Waals surface area contributed by atoms with Crippen LogP contribution in [0.2, 0.25) is 0 Å². The van der Waals surface area contributed by atoms with Gasteiger partial charge >= 0.3 is 0 Å². The number of benzene rings is 1. The summed E-state index contributed by atoms with van der Waals surface area (Å²) in [6.45, 7) is 7.56. The number of hydrogen-bond acceptors (Lipinski definition) is 4. The first-order valence-electron chi connectivity index (χ1n) is 8.43. The molecule has 1 aromatic carbocycles. The SMILES string of the molecule is Cc1ccccc1[C@@H]1CCN(C(=O)Cc2c(C)noc2C)CCS1.